The van der Waals surface area contributed by atoms with Gasteiger partial charge in [0, 0.05) is 11.6 Å². The van der Waals surface area contributed by atoms with Crippen molar-refractivity contribution in [3.8, 4) is 11.3 Å². The first-order valence-electron chi connectivity index (χ1n) is 7.57. The van der Waals surface area contributed by atoms with Crippen LogP contribution in [0.1, 0.15) is 26.3 Å². The summed E-state index contributed by atoms with van der Waals surface area (Å²) < 4.78 is 44.5. The van der Waals surface area contributed by atoms with Gasteiger partial charge in [0.25, 0.3) is 0 Å². The van der Waals surface area contributed by atoms with E-state index in [0.29, 0.717) is 11.3 Å². The van der Waals surface area contributed by atoms with Crippen LogP contribution >= 0.6 is 0 Å². The zero-order valence-electron chi connectivity index (χ0n) is 14.0. The molecule has 0 aliphatic carbocycles. The SMILES string of the molecule is CC(C)(C)[C@@H](Cn1nccc1-c1ccc(C(F)(F)F)cc1)OC(=O)O. The maximum atomic E-state index is 12.7. The van der Waals surface area contributed by atoms with E-state index >= 15 is 0 Å². The number of alkyl halides is 3. The van der Waals surface area contributed by atoms with Gasteiger partial charge < -0.3 is 9.84 Å². The van der Waals surface area contributed by atoms with Crippen molar-refractivity contribution in [3.63, 3.8) is 0 Å². The van der Waals surface area contributed by atoms with Gasteiger partial charge in [-0.3, -0.25) is 4.68 Å². The molecule has 0 fully saturated rings. The summed E-state index contributed by atoms with van der Waals surface area (Å²) in [5, 5.41) is 13.1. The lowest BCUT2D eigenvalue weighted by atomic mass is 9.89. The molecule has 136 valence electrons. The summed E-state index contributed by atoms with van der Waals surface area (Å²) in [6.45, 7) is 5.66. The lowest BCUT2D eigenvalue weighted by molar-refractivity contribution is -0.137. The molecule has 0 spiro atoms. The summed E-state index contributed by atoms with van der Waals surface area (Å²) in [5.74, 6) is 0. The van der Waals surface area contributed by atoms with Crippen molar-refractivity contribution in [1.82, 2.24) is 9.78 Å². The number of carboxylic acid groups (broad SMARTS) is 1. The summed E-state index contributed by atoms with van der Waals surface area (Å²) in [4.78, 5) is 10.9. The first kappa shape index (κ1) is 18.8. The number of nitrogens with zero attached hydrogens (tertiary/aromatic N) is 2. The maximum absolute atomic E-state index is 12.7. The Hall–Kier alpha value is -2.51. The molecule has 25 heavy (non-hydrogen) atoms. The Bertz CT molecular complexity index is 731. The number of benzene rings is 1. The second-order valence-electron chi connectivity index (χ2n) is 6.71. The van der Waals surface area contributed by atoms with Gasteiger partial charge in [-0.15, -0.1) is 0 Å². The van der Waals surface area contributed by atoms with Crippen molar-refractivity contribution >= 4 is 6.16 Å². The lowest BCUT2D eigenvalue weighted by Gasteiger charge is -2.29. The summed E-state index contributed by atoms with van der Waals surface area (Å²) in [6, 6.07) is 6.38. The highest BCUT2D eigenvalue weighted by atomic mass is 19.4. The normalized spacial score (nSPS) is 13.5. The Morgan fingerprint density at radius 2 is 1.80 bits per heavy atom. The Kier molecular flexibility index (Phi) is 5.10. The highest BCUT2D eigenvalue weighted by Gasteiger charge is 2.31. The molecule has 1 aromatic carbocycles. The van der Waals surface area contributed by atoms with Crippen LogP contribution < -0.4 is 0 Å². The molecule has 0 bridgehead atoms. The van der Waals surface area contributed by atoms with Gasteiger partial charge in [0.05, 0.1) is 17.8 Å². The molecule has 0 radical (unpaired) electrons. The van der Waals surface area contributed by atoms with Gasteiger partial charge in [-0.2, -0.15) is 18.3 Å². The third kappa shape index (κ3) is 4.74. The van der Waals surface area contributed by atoms with E-state index in [1.807, 2.05) is 20.8 Å². The molecule has 2 aromatic rings. The highest BCUT2D eigenvalue weighted by molar-refractivity contribution is 5.60. The molecular formula is C17H19F3N2O3. The molecule has 1 heterocycles. The minimum Gasteiger partial charge on any atom is -0.450 e. The predicted molar refractivity (Wildman–Crippen MR) is 85.0 cm³/mol. The van der Waals surface area contributed by atoms with Crippen LogP contribution in [0.25, 0.3) is 11.3 Å². The molecule has 2 rings (SSSR count). The van der Waals surface area contributed by atoms with Crippen LogP contribution in [0.4, 0.5) is 18.0 Å². The van der Waals surface area contributed by atoms with E-state index in [1.54, 1.807) is 6.07 Å². The second kappa shape index (κ2) is 6.78. The molecule has 8 heteroatoms. The van der Waals surface area contributed by atoms with E-state index in [0.717, 1.165) is 12.1 Å². The molecule has 1 aromatic heterocycles. The summed E-state index contributed by atoms with van der Waals surface area (Å²) in [5.41, 5.74) is -0.0728. The number of halogens is 3. The van der Waals surface area contributed by atoms with Gasteiger partial charge in [-0.25, -0.2) is 4.79 Å². The average Bonchev–Trinajstić information content (AvgIpc) is 2.92. The number of ether oxygens (including phenoxy) is 1. The van der Waals surface area contributed by atoms with Crippen LogP contribution in [0.5, 0.6) is 0 Å². The van der Waals surface area contributed by atoms with E-state index in [-0.39, 0.29) is 6.54 Å². The number of rotatable bonds is 4. The maximum Gasteiger partial charge on any atom is 0.506 e. The van der Waals surface area contributed by atoms with Gasteiger partial charge in [-0.1, -0.05) is 32.9 Å². The molecule has 0 unspecified atom stereocenters. The Morgan fingerprint density at radius 3 is 2.28 bits per heavy atom. The van der Waals surface area contributed by atoms with Gasteiger partial charge in [0.15, 0.2) is 0 Å². The number of aromatic nitrogens is 2. The molecule has 0 saturated carbocycles. The smallest absolute Gasteiger partial charge is 0.450 e. The zero-order valence-corrected chi connectivity index (χ0v) is 14.0. The monoisotopic (exact) mass is 356 g/mol. The fourth-order valence-corrected chi connectivity index (χ4v) is 2.32. The van der Waals surface area contributed by atoms with E-state index < -0.39 is 29.4 Å². The molecule has 1 N–H and O–H groups in total. The minimum atomic E-state index is -4.40. The molecule has 0 saturated heterocycles. The standard InChI is InChI=1S/C17H19F3N2O3/c1-16(2,3)14(25-15(23)24)10-22-13(8-9-21-22)11-4-6-12(7-5-11)17(18,19)20/h4-9,14H,10H2,1-3H3,(H,23,24)/t14-/m1/s1. The second-order valence-corrected chi connectivity index (χ2v) is 6.71. The molecule has 0 aliphatic rings. The first-order chi connectivity index (χ1) is 11.5. The number of hydrogen-bond acceptors (Lipinski definition) is 3. The number of hydrogen-bond donors (Lipinski definition) is 1. The van der Waals surface area contributed by atoms with E-state index in [2.05, 4.69) is 5.10 Å². The molecule has 0 amide bonds. The first-order valence-corrected chi connectivity index (χ1v) is 7.57. The molecular weight excluding hydrogens is 337 g/mol. The lowest BCUT2D eigenvalue weighted by Crippen LogP contribution is -2.35. The van der Waals surface area contributed by atoms with Gasteiger partial charge in [-0.05, 0) is 23.8 Å². The van der Waals surface area contributed by atoms with Crippen molar-refractivity contribution in [2.75, 3.05) is 0 Å². The van der Waals surface area contributed by atoms with Gasteiger partial charge >= 0.3 is 12.3 Å². The summed E-state index contributed by atoms with van der Waals surface area (Å²) >= 11 is 0. The number of carbonyl (C=O) groups is 1. The van der Waals surface area contributed by atoms with Crippen LogP contribution in [0.15, 0.2) is 36.5 Å². The van der Waals surface area contributed by atoms with Crippen molar-refractivity contribution in [2.24, 2.45) is 5.41 Å². The van der Waals surface area contributed by atoms with Crippen molar-refractivity contribution < 1.29 is 27.8 Å². The summed E-state index contributed by atoms with van der Waals surface area (Å²) in [6.07, 6.45) is -4.94. The van der Waals surface area contributed by atoms with Crippen molar-refractivity contribution in [3.05, 3.63) is 42.1 Å². The predicted octanol–water partition coefficient (Wildman–Crippen LogP) is 4.68. The third-order valence-electron chi connectivity index (χ3n) is 3.77. The minimum absolute atomic E-state index is 0.152. The third-order valence-corrected chi connectivity index (χ3v) is 3.77. The van der Waals surface area contributed by atoms with Crippen LogP contribution in [-0.4, -0.2) is 27.1 Å². The van der Waals surface area contributed by atoms with Crippen molar-refractivity contribution in [2.45, 2.75) is 39.6 Å². The van der Waals surface area contributed by atoms with E-state index in [9.17, 15) is 18.0 Å². The average molecular weight is 356 g/mol. The largest absolute Gasteiger partial charge is 0.506 e. The zero-order chi connectivity index (χ0) is 18.8. The van der Waals surface area contributed by atoms with Crippen molar-refractivity contribution in [1.29, 1.82) is 0 Å². The van der Waals surface area contributed by atoms with Crippen LogP contribution in [0, 0.1) is 5.41 Å². The van der Waals surface area contributed by atoms with Crippen LogP contribution in [-0.2, 0) is 17.5 Å². The fourth-order valence-electron chi connectivity index (χ4n) is 2.32. The molecule has 1 atom stereocenters. The summed E-state index contributed by atoms with van der Waals surface area (Å²) in [7, 11) is 0. The molecule has 5 nitrogen and oxygen atoms in total. The molecule has 0 aliphatic heterocycles. The topological polar surface area (TPSA) is 64.4 Å². The van der Waals surface area contributed by atoms with Crippen LogP contribution in [0.3, 0.4) is 0 Å². The van der Waals surface area contributed by atoms with E-state index in [4.69, 9.17) is 9.84 Å². The van der Waals surface area contributed by atoms with Crippen LogP contribution in [0.2, 0.25) is 0 Å². The van der Waals surface area contributed by atoms with Gasteiger partial charge in [0.1, 0.15) is 6.10 Å². The van der Waals surface area contributed by atoms with Gasteiger partial charge in [0.2, 0.25) is 0 Å². The Morgan fingerprint density at radius 1 is 1.20 bits per heavy atom. The Balaban J connectivity index is 2.29. The fraction of sp³-hybridized carbons (Fsp3) is 0.412. The Labute approximate surface area is 143 Å². The van der Waals surface area contributed by atoms with E-state index in [1.165, 1.54) is 23.0 Å². The highest BCUT2D eigenvalue weighted by Crippen LogP contribution is 2.31. The quantitative estimate of drug-likeness (QED) is 0.808.